The molecule has 1 fully saturated rings. The Kier molecular flexibility index (Phi) is 6.05. The molecule has 23 heavy (non-hydrogen) atoms. The van der Waals surface area contributed by atoms with E-state index in [0.717, 1.165) is 49.6 Å². The van der Waals surface area contributed by atoms with Crippen LogP contribution in [0.15, 0.2) is 18.2 Å². The Balaban J connectivity index is 2.03. The summed E-state index contributed by atoms with van der Waals surface area (Å²) in [5.41, 5.74) is 2.31. The number of carbonyl (C=O) groups excluding carboxylic acids is 1. The molecule has 0 aliphatic carbocycles. The van der Waals surface area contributed by atoms with Gasteiger partial charge in [-0.05, 0) is 43.5 Å². The number of likely N-dealkylation sites (N-methyl/N-ethyl adjacent to an activating group) is 1. The Morgan fingerprint density at radius 2 is 1.83 bits per heavy atom. The summed E-state index contributed by atoms with van der Waals surface area (Å²) in [4.78, 5) is 16.9. The molecule has 4 nitrogen and oxygen atoms in total. The monoisotopic (exact) mass is 318 g/mol. The topological polar surface area (TPSA) is 32.8 Å². The fourth-order valence-corrected chi connectivity index (χ4v) is 3.00. The standard InChI is InChI=1S/C19H30N2O2/c1-6-20-9-11-21(12-10-20)19(22)16(5)23-18-13-15(4)7-8-17(18)14(2)3/h7-8,13-14,16H,6,9-12H2,1-5H3/t16-/m0/s1. The first-order chi connectivity index (χ1) is 10.9. The maximum atomic E-state index is 12.6. The lowest BCUT2D eigenvalue weighted by Gasteiger charge is -2.35. The minimum absolute atomic E-state index is 0.0944. The molecule has 0 radical (unpaired) electrons. The van der Waals surface area contributed by atoms with Crippen LogP contribution in [0.5, 0.6) is 5.75 Å². The van der Waals surface area contributed by atoms with Gasteiger partial charge >= 0.3 is 0 Å². The van der Waals surface area contributed by atoms with E-state index in [4.69, 9.17) is 4.74 Å². The Morgan fingerprint density at radius 1 is 1.17 bits per heavy atom. The van der Waals surface area contributed by atoms with E-state index in [0.29, 0.717) is 5.92 Å². The SMILES string of the molecule is CCN1CCN(C(=O)[C@H](C)Oc2cc(C)ccc2C(C)C)CC1. The first-order valence-corrected chi connectivity index (χ1v) is 8.70. The number of hydrogen-bond donors (Lipinski definition) is 0. The van der Waals surface area contributed by atoms with Gasteiger partial charge in [-0.15, -0.1) is 0 Å². The number of rotatable bonds is 5. The van der Waals surface area contributed by atoms with Gasteiger partial charge in [-0.25, -0.2) is 0 Å². The largest absolute Gasteiger partial charge is 0.481 e. The predicted octanol–water partition coefficient (Wildman–Crippen LogP) is 3.05. The van der Waals surface area contributed by atoms with E-state index in [9.17, 15) is 4.79 Å². The maximum Gasteiger partial charge on any atom is 0.263 e. The first kappa shape index (κ1) is 17.8. The van der Waals surface area contributed by atoms with Crippen molar-refractivity contribution < 1.29 is 9.53 Å². The molecule has 1 heterocycles. The smallest absolute Gasteiger partial charge is 0.263 e. The minimum Gasteiger partial charge on any atom is -0.481 e. The van der Waals surface area contributed by atoms with Crippen molar-refractivity contribution in [3.8, 4) is 5.75 Å². The third-order valence-electron chi connectivity index (χ3n) is 4.57. The highest BCUT2D eigenvalue weighted by Gasteiger charge is 2.26. The molecule has 0 N–H and O–H groups in total. The number of nitrogens with zero attached hydrogens (tertiary/aromatic N) is 2. The van der Waals surface area contributed by atoms with Crippen LogP contribution >= 0.6 is 0 Å². The average molecular weight is 318 g/mol. The third kappa shape index (κ3) is 4.47. The quantitative estimate of drug-likeness (QED) is 0.836. The lowest BCUT2D eigenvalue weighted by molar-refractivity contribution is -0.139. The van der Waals surface area contributed by atoms with Crippen molar-refractivity contribution in [3.63, 3.8) is 0 Å². The molecule has 1 aromatic rings. The van der Waals surface area contributed by atoms with Crippen LogP contribution in [0.1, 0.15) is 44.7 Å². The Hall–Kier alpha value is -1.55. The van der Waals surface area contributed by atoms with E-state index in [1.165, 1.54) is 0 Å². The van der Waals surface area contributed by atoms with Gasteiger partial charge in [-0.3, -0.25) is 4.79 Å². The Bertz CT molecular complexity index is 534. The molecule has 1 saturated heterocycles. The lowest BCUT2D eigenvalue weighted by Crippen LogP contribution is -2.51. The highest BCUT2D eigenvalue weighted by atomic mass is 16.5. The number of piperazine rings is 1. The number of carbonyl (C=O) groups is 1. The number of benzene rings is 1. The van der Waals surface area contributed by atoms with Crippen LogP contribution in [-0.2, 0) is 4.79 Å². The molecule has 2 rings (SSSR count). The second-order valence-electron chi connectivity index (χ2n) is 6.72. The van der Waals surface area contributed by atoms with Crippen LogP contribution in [0, 0.1) is 6.92 Å². The maximum absolute atomic E-state index is 12.6. The molecule has 1 aliphatic rings. The van der Waals surface area contributed by atoms with Crippen molar-refractivity contribution in [1.29, 1.82) is 0 Å². The number of hydrogen-bond acceptors (Lipinski definition) is 3. The van der Waals surface area contributed by atoms with Gasteiger partial charge in [0.25, 0.3) is 5.91 Å². The van der Waals surface area contributed by atoms with Crippen LogP contribution < -0.4 is 4.74 Å². The van der Waals surface area contributed by atoms with E-state index in [-0.39, 0.29) is 5.91 Å². The lowest BCUT2D eigenvalue weighted by atomic mass is 10.0. The molecule has 0 unspecified atom stereocenters. The van der Waals surface area contributed by atoms with E-state index < -0.39 is 6.10 Å². The van der Waals surface area contributed by atoms with Crippen molar-refractivity contribution in [3.05, 3.63) is 29.3 Å². The molecule has 0 bridgehead atoms. The zero-order chi connectivity index (χ0) is 17.0. The van der Waals surface area contributed by atoms with E-state index >= 15 is 0 Å². The fraction of sp³-hybridized carbons (Fsp3) is 0.632. The minimum atomic E-state index is -0.442. The summed E-state index contributed by atoms with van der Waals surface area (Å²) in [5.74, 6) is 1.31. The van der Waals surface area contributed by atoms with Gasteiger partial charge in [-0.2, -0.15) is 0 Å². The van der Waals surface area contributed by atoms with E-state index in [1.54, 1.807) is 0 Å². The predicted molar refractivity (Wildman–Crippen MR) is 94.1 cm³/mol. The van der Waals surface area contributed by atoms with Crippen LogP contribution in [0.25, 0.3) is 0 Å². The summed E-state index contributed by atoms with van der Waals surface area (Å²) >= 11 is 0. The molecule has 1 atom stereocenters. The van der Waals surface area contributed by atoms with Crippen LogP contribution in [0.4, 0.5) is 0 Å². The fourth-order valence-electron chi connectivity index (χ4n) is 3.00. The van der Waals surface area contributed by atoms with Crippen molar-refractivity contribution >= 4 is 5.91 Å². The highest BCUT2D eigenvalue weighted by Crippen LogP contribution is 2.28. The van der Waals surface area contributed by atoms with Crippen LogP contribution in [0.3, 0.4) is 0 Å². The first-order valence-electron chi connectivity index (χ1n) is 8.70. The Labute approximate surface area is 140 Å². The van der Waals surface area contributed by atoms with Crippen molar-refractivity contribution in [2.45, 2.75) is 46.6 Å². The average Bonchev–Trinajstić information content (AvgIpc) is 2.54. The van der Waals surface area contributed by atoms with Crippen molar-refractivity contribution in [2.75, 3.05) is 32.7 Å². The second kappa shape index (κ2) is 7.82. The molecular weight excluding hydrogens is 288 g/mol. The van der Waals surface area contributed by atoms with Gasteiger partial charge in [0.1, 0.15) is 5.75 Å². The van der Waals surface area contributed by atoms with Crippen molar-refractivity contribution in [1.82, 2.24) is 9.80 Å². The van der Waals surface area contributed by atoms with Gasteiger partial charge < -0.3 is 14.5 Å². The summed E-state index contributed by atoms with van der Waals surface area (Å²) in [6.45, 7) is 14.9. The molecular formula is C19H30N2O2. The molecule has 1 aliphatic heterocycles. The van der Waals surface area contributed by atoms with Crippen LogP contribution in [0.2, 0.25) is 0 Å². The molecule has 0 saturated carbocycles. The summed E-state index contributed by atoms with van der Waals surface area (Å²) in [6.07, 6.45) is -0.442. The van der Waals surface area contributed by atoms with Crippen molar-refractivity contribution in [2.24, 2.45) is 0 Å². The highest BCUT2D eigenvalue weighted by molar-refractivity contribution is 5.81. The number of ether oxygens (including phenoxy) is 1. The van der Waals surface area contributed by atoms with Gasteiger partial charge in [0.05, 0.1) is 0 Å². The zero-order valence-corrected chi connectivity index (χ0v) is 15.1. The summed E-state index contributed by atoms with van der Waals surface area (Å²) in [6, 6.07) is 6.24. The summed E-state index contributed by atoms with van der Waals surface area (Å²) < 4.78 is 6.05. The third-order valence-corrected chi connectivity index (χ3v) is 4.57. The van der Waals surface area contributed by atoms with Gasteiger partial charge in [0, 0.05) is 26.2 Å². The van der Waals surface area contributed by atoms with Gasteiger partial charge in [0.15, 0.2) is 6.10 Å². The number of amides is 1. The molecule has 4 heteroatoms. The Morgan fingerprint density at radius 3 is 2.39 bits per heavy atom. The zero-order valence-electron chi connectivity index (χ0n) is 15.1. The molecule has 1 aromatic carbocycles. The number of aryl methyl sites for hydroxylation is 1. The molecule has 0 spiro atoms. The van der Waals surface area contributed by atoms with E-state index in [2.05, 4.69) is 37.8 Å². The summed E-state index contributed by atoms with van der Waals surface area (Å²) in [7, 11) is 0. The molecule has 0 aromatic heterocycles. The van der Waals surface area contributed by atoms with Crippen LogP contribution in [-0.4, -0.2) is 54.5 Å². The normalized spacial score (nSPS) is 17.4. The molecule has 1 amide bonds. The summed E-state index contributed by atoms with van der Waals surface area (Å²) in [5, 5.41) is 0. The van der Waals surface area contributed by atoms with Gasteiger partial charge in [-0.1, -0.05) is 32.9 Å². The molecule has 128 valence electrons. The van der Waals surface area contributed by atoms with Gasteiger partial charge in [0.2, 0.25) is 0 Å². The second-order valence-corrected chi connectivity index (χ2v) is 6.72. The van der Waals surface area contributed by atoms with E-state index in [1.807, 2.05) is 24.8 Å².